The van der Waals surface area contributed by atoms with Gasteiger partial charge in [0, 0.05) is 26.4 Å². The summed E-state index contributed by atoms with van der Waals surface area (Å²) in [6, 6.07) is 5.20. The Morgan fingerprint density at radius 1 is 1.21 bits per heavy atom. The highest BCUT2D eigenvalue weighted by Gasteiger charge is 2.10. The fourth-order valence-electron chi connectivity index (χ4n) is 1.58. The Balaban J connectivity index is 2.49. The van der Waals surface area contributed by atoms with Crippen LogP contribution in [0, 0.1) is 0 Å². The number of rotatable bonds is 6. The number of carboxylic acid groups (broad SMARTS) is 1. The lowest BCUT2D eigenvalue weighted by molar-refractivity contribution is -0.137. The molecule has 6 heteroatoms. The van der Waals surface area contributed by atoms with Crippen molar-refractivity contribution in [2.45, 2.75) is 25.8 Å². The van der Waals surface area contributed by atoms with Gasteiger partial charge in [-0.2, -0.15) is 0 Å². The maximum atomic E-state index is 11.8. The first-order valence-corrected chi connectivity index (χ1v) is 6.55. The van der Waals surface area contributed by atoms with Crippen LogP contribution in [0.15, 0.2) is 18.2 Å². The Morgan fingerprint density at radius 2 is 1.89 bits per heavy atom. The van der Waals surface area contributed by atoms with Gasteiger partial charge in [0.05, 0.1) is 10.0 Å². The molecule has 0 saturated carbocycles. The van der Waals surface area contributed by atoms with Crippen LogP contribution in [0.3, 0.4) is 0 Å². The van der Waals surface area contributed by atoms with E-state index >= 15 is 0 Å². The summed E-state index contributed by atoms with van der Waals surface area (Å²) in [7, 11) is 1.67. The lowest BCUT2D eigenvalue weighted by Gasteiger charge is -2.17. The van der Waals surface area contributed by atoms with Gasteiger partial charge in [-0.05, 0) is 24.1 Å². The van der Waals surface area contributed by atoms with E-state index in [9.17, 15) is 9.59 Å². The summed E-state index contributed by atoms with van der Waals surface area (Å²) in [6.07, 6.45) is 0.580. The van der Waals surface area contributed by atoms with Crippen molar-refractivity contribution in [3.8, 4) is 0 Å². The number of nitrogens with zero attached hydrogens (tertiary/aromatic N) is 1. The predicted molar refractivity (Wildman–Crippen MR) is 74.4 cm³/mol. The number of hydrogen-bond acceptors (Lipinski definition) is 2. The van der Waals surface area contributed by atoms with E-state index in [-0.39, 0.29) is 18.7 Å². The Morgan fingerprint density at radius 3 is 2.47 bits per heavy atom. The van der Waals surface area contributed by atoms with E-state index in [2.05, 4.69) is 0 Å². The standard InChI is InChI=1S/C13H15Cl2NO3/c1-16(12(17)3-2-4-13(18)19)8-9-5-6-10(14)11(15)7-9/h5-7H,2-4,8H2,1H3,(H,18,19). The molecule has 0 fully saturated rings. The lowest BCUT2D eigenvalue weighted by atomic mass is 10.2. The van der Waals surface area contributed by atoms with Crippen molar-refractivity contribution < 1.29 is 14.7 Å². The predicted octanol–water partition coefficient (Wildman–Crippen LogP) is 3.21. The molecule has 0 saturated heterocycles. The van der Waals surface area contributed by atoms with E-state index in [0.29, 0.717) is 23.0 Å². The SMILES string of the molecule is CN(Cc1ccc(Cl)c(Cl)c1)C(=O)CCCC(=O)O. The topological polar surface area (TPSA) is 57.6 Å². The molecular weight excluding hydrogens is 289 g/mol. The first-order chi connectivity index (χ1) is 8.90. The van der Waals surface area contributed by atoms with Crippen LogP contribution in [-0.2, 0) is 16.1 Å². The van der Waals surface area contributed by atoms with Gasteiger partial charge in [0.1, 0.15) is 0 Å². The van der Waals surface area contributed by atoms with Crippen molar-refractivity contribution in [3.63, 3.8) is 0 Å². The first kappa shape index (κ1) is 15.8. The number of benzene rings is 1. The van der Waals surface area contributed by atoms with Gasteiger partial charge in [-0.25, -0.2) is 0 Å². The van der Waals surface area contributed by atoms with E-state index in [1.165, 1.54) is 0 Å². The van der Waals surface area contributed by atoms with Gasteiger partial charge in [-0.3, -0.25) is 9.59 Å². The summed E-state index contributed by atoms with van der Waals surface area (Å²) < 4.78 is 0. The molecule has 104 valence electrons. The molecule has 19 heavy (non-hydrogen) atoms. The van der Waals surface area contributed by atoms with Crippen LogP contribution in [-0.4, -0.2) is 28.9 Å². The molecule has 1 N–H and O–H groups in total. The van der Waals surface area contributed by atoms with E-state index in [1.54, 1.807) is 30.1 Å². The zero-order chi connectivity index (χ0) is 14.4. The number of halogens is 2. The second-order valence-electron chi connectivity index (χ2n) is 4.25. The molecule has 0 aromatic heterocycles. The van der Waals surface area contributed by atoms with Gasteiger partial charge in [-0.1, -0.05) is 29.3 Å². The van der Waals surface area contributed by atoms with E-state index in [0.717, 1.165) is 5.56 Å². The lowest BCUT2D eigenvalue weighted by Crippen LogP contribution is -2.26. The molecule has 1 aromatic carbocycles. The summed E-state index contributed by atoms with van der Waals surface area (Å²) in [5, 5.41) is 9.43. The van der Waals surface area contributed by atoms with Crippen molar-refractivity contribution in [1.29, 1.82) is 0 Å². The second-order valence-corrected chi connectivity index (χ2v) is 5.06. The summed E-state index contributed by atoms with van der Waals surface area (Å²) in [5.41, 5.74) is 0.878. The molecule has 0 bridgehead atoms. The molecule has 1 aromatic rings. The Bertz CT molecular complexity index is 477. The van der Waals surface area contributed by atoms with Gasteiger partial charge in [0.15, 0.2) is 0 Å². The Kier molecular flexibility index (Phi) is 6.12. The molecule has 1 rings (SSSR count). The van der Waals surface area contributed by atoms with Gasteiger partial charge < -0.3 is 10.0 Å². The van der Waals surface area contributed by atoms with Crippen LogP contribution >= 0.6 is 23.2 Å². The van der Waals surface area contributed by atoms with Crippen LogP contribution in [0.25, 0.3) is 0 Å². The highest BCUT2D eigenvalue weighted by atomic mass is 35.5. The van der Waals surface area contributed by atoms with Crippen LogP contribution in [0.4, 0.5) is 0 Å². The zero-order valence-corrected chi connectivity index (χ0v) is 12.0. The Hall–Kier alpha value is -1.26. The summed E-state index contributed by atoms with van der Waals surface area (Å²) in [6.45, 7) is 0.419. The molecule has 0 aliphatic rings. The van der Waals surface area contributed by atoms with Gasteiger partial charge >= 0.3 is 5.97 Å². The molecule has 0 aliphatic heterocycles. The quantitative estimate of drug-likeness (QED) is 0.878. The minimum atomic E-state index is -0.889. The monoisotopic (exact) mass is 303 g/mol. The molecule has 0 spiro atoms. The zero-order valence-electron chi connectivity index (χ0n) is 10.5. The maximum Gasteiger partial charge on any atom is 0.303 e. The number of carboxylic acids is 1. The molecule has 4 nitrogen and oxygen atoms in total. The molecule has 0 unspecified atom stereocenters. The summed E-state index contributed by atoms with van der Waals surface area (Å²) in [4.78, 5) is 23.7. The molecule has 0 radical (unpaired) electrons. The Labute approximate surface area is 121 Å². The third-order valence-corrected chi connectivity index (χ3v) is 3.35. The smallest absolute Gasteiger partial charge is 0.303 e. The average molecular weight is 304 g/mol. The highest BCUT2D eigenvalue weighted by molar-refractivity contribution is 6.42. The minimum Gasteiger partial charge on any atom is -0.481 e. The van der Waals surface area contributed by atoms with Crippen molar-refractivity contribution >= 4 is 35.1 Å². The van der Waals surface area contributed by atoms with Crippen LogP contribution in [0.1, 0.15) is 24.8 Å². The third kappa shape index (κ3) is 5.49. The van der Waals surface area contributed by atoms with Gasteiger partial charge in [0.25, 0.3) is 0 Å². The highest BCUT2D eigenvalue weighted by Crippen LogP contribution is 2.23. The minimum absolute atomic E-state index is 0.00630. The van der Waals surface area contributed by atoms with E-state index < -0.39 is 5.97 Å². The van der Waals surface area contributed by atoms with Crippen molar-refractivity contribution in [2.75, 3.05) is 7.05 Å². The van der Waals surface area contributed by atoms with Crippen LogP contribution in [0.2, 0.25) is 10.0 Å². The van der Waals surface area contributed by atoms with Crippen molar-refractivity contribution in [3.05, 3.63) is 33.8 Å². The number of carbonyl (C=O) groups is 2. The van der Waals surface area contributed by atoms with Gasteiger partial charge in [0.2, 0.25) is 5.91 Å². The summed E-state index contributed by atoms with van der Waals surface area (Å²) in [5.74, 6) is -0.979. The summed E-state index contributed by atoms with van der Waals surface area (Å²) >= 11 is 11.7. The molecule has 0 aliphatic carbocycles. The molecular formula is C13H15Cl2NO3. The number of hydrogen-bond donors (Lipinski definition) is 1. The third-order valence-electron chi connectivity index (χ3n) is 2.61. The second kappa shape index (κ2) is 7.36. The number of amides is 1. The number of aliphatic carboxylic acids is 1. The van der Waals surface area contributed by atoms with Crippen molar-refractivity contribution in [2.24, 2.45) is 0 Å². The number of carbonyl (C=O) groups excluding carboxylic acids is 1. The van der Waals surface area contributed by atoms with E-state index in [1.807, 2.05) is 0 Å². The van der Waals surface area contributed by atoms with Crippen molar-refractivity contribution in [1.82, 2.24) is 4.90 Å². The van der Waals surface area contributed by atoms with Crippen LogP contribution < -0.4 is 0 Å². The average Bonchev–Trinajstić information content (AvgIpc) is 2.33. The van der Waals surface area contributed by atoms with E-state index in [4.69, 9.17) is 28.3 Å². The van der Waals surface area contributed by atoms with Crippen LogP contribution in [0.5, 0.6) is 0 Å². The maximum absolute atomic E-state index is 11.8. The fourth-order valence-corrected chi connectivity index (χ4v) is 1.90. The fraction of sp³-hybridized carbons (Fsp3) is 0.385. The van der Waals surface area contributed by atoms with Gasteiger partial charge in [-0.15, -0.1) is 0 Å². The molecule has 0 heterocycles. The normalized spacial score (nSPS) is 10.3. The largest absolute Gasteiger partial charge is 0.481 e. The molecule has 0 atom stereocenters. The first-order valence-electron chi connectivity index (χ1n) is 5.80. The molecule has 1 amide bonds.